The first-order valence-electron chi connectivity index (χ1n) is 7.39. The summed E-state index contributed by atoms with van der Waals surface area (Å²) >= 11 is 1.20. The second kappa shape index (κ2) is 9.18. The number of thiazole rings is 1. The molecule has 10 nitrogen and oxygen atoms in total. The lowest BCUT2D eigenvalue weighted by atomic mass is 10.2. The van der Waals surface area contributed by atoms with Crippen LogP contribution in [0.4, 0.5) is 9.93 Å². The molecule has 11 heteroatoms. The quantitative estimate of drug-likeness (QED) is 0.431. The van der Waals surface area contributed by atoms with E-state index in [1.54, 1.807) is 20.8 Å². The molecule has 0 aliphatic carbocycles. The van der Waals surface area contributed by atoms with Gasteiger partial charge in [-0.25, -0.2) is 14.6 Å². The van der Waals surface area contributed by atoms with Crippen molar-refractivity contribution < 1.29 is 29.3 Å². The standard InChI is InChI=1S/C14H22N4O6S/c1-14(2,3)24-13(23)18-9(11(21)22)5-15-10(20)6-17-12-16-4-8(7-19)25-12/h4,9,19H,5-7H2,1-3H3,(H,15,20)(H,16,17)(H,18,23)(H,21,22). The van der Waals surface area contributed by atoms with E-state index >= 15 is 0 Å². The van der Waals surface area contributed by atoms with Gasteiger partial charge in [0.2, 0.25) is 5.91 Å². The Morgan fingerprint density at radius 3 is 2.56 bits per heavy atom. The molecule has 0 saturated heterocycles. The summed E-state index contributed by atoms with van der Waals surface area (Å²) in [5, 5.41) is 25.8. The molecule has 0 saturated carbocycles. The van der Waals surface area contributed by atoms with Gasteiger partial charge in [-0.2, -0.15) is 0 Å². The number of hydrogen-bond donors (Lipinski definition) is 5. The number of carboxylic acids is 1. The number of carboxylic acid groups (broad SMARTS) is 1. The highest BCUT2D eigenvalue weighted by atomic mass is 32.1. The summed E-state index contributed by atoms with van der Waals surface area (Å²) in [6.07, 6.45) is 0.599. The van der Waals surface area contributed by atoms with Crippen LogP contribution in [0.25, 0.3) is 0 Å². The van der Waals surface area contributed by atoms with Crippen LogP contribution in [0.3, 0.4) is 0 Å². The van der Waals surface area contributed by atoms with E-state index in [9.17, 15) is 14.4 Å². The first-order valence-corrected chi connectivity index (χ1v) is 8.21. The molecule has 1 aromatic heterocycles. The van der Waals surface area contributed by atoms with E-state index in [0.29, 0.717) is 10.0 Å². The van der Waals surface area contributed by atoms with Crippen LogP contribution >= 0.6 is 11.3 Å². The van der Waals surface area contributed by atoms with Crippen molar-refractivity contribution >= 4 is 34.4 Å². The highest BCUT2D eigenvalue weighted by Gasteiger charge is 2.24. The predicted octanol–water partition coefficient (Wildman–Crippen LogP) is 0.141. The summed E-state index contributed by atoms with van der Waals surface area (Å²) in [5.41, 5.74) is -0.762. The molecule has 0 aliphatic heterocycles. The van der Waals surface area contributed by atoms with Crippen molar-refractivity contribution in [1.82, 2.24) is 15.6 Å². The molecular weight excluding hydrogens is 352 g/mol. The zero-order valence-corrected chi connectivity index (χ0v) is 15.0. The van der Waals surface area contributed by atoms with Crippen LogP contribution < -0.4 is 16.0 Å². The fraction of sp³-hybridized carbons (Fsp3) is 0.571. The zero-order chi connectivity index (χ0) is 19.0. The number of alkyl carbamates (subject to hydrolysis) is 1. The van der Waals surface area contributed by atoms with E-state index in [1.165, 1.54) is 17.5 Å². The SMILES string of the molecule is CC(C)(C)OC(=O)NC(CNC(=O)CNc1ncc(CO)s1)C(=O)O. The van der Waals surface area contributed by atoms with Crippen LogP contribution in [0.2, 0.25) is 0 Å². The Bertz CT molecular complexity index is 613. The molecule has 0 aromatic carbocycles. The predicted molar refractivity (Wildman–Crippen MR) is 90.3 cm³/mol. The number of amides is 2. The van der Waals surface area contributed by atoms with Crippen LogP contribution in [0.5, 0.6) is 0 Å². The van der Waals surface area contributed by atoms with Gasteiger partial charge in [0.05, 0.1) is 18.0 Å². The summed E-state index contributed by atoms with van der Waals surface area (Å²) in [4.78, 5) is 39.1. The Morgan fingerprint density at radius 2 is 2.04 bits per heavy atom. The molecule has 0 spiro atoms. The van der Waals surface area contributed by atoms with Crippen LogP contribution in [0.15, 0.2) is 6.20 Å². The van der Waals surface area contributed by atoms with Crippen LogP contribution in [-0.4, -0.2) is 57.9 Å². The number of aliphatic hydroxyl groups excluding tert-OH is 1. The van der Waals surface area contributed by atoms with E-state index < -0.39 is 29.6 Å². The van der Waals surface area contributed by atoms with Gasteiger partial charge in [0.15, 0.2) is 5.13 Å². The van der Waals surface area contributed by atoms with Crippen molar-refractivity contribution in [3.05, 3.63) is 11.1 Å². The van der Waals surface area contributed by atoms with E-state index in [1.807, 2.05) is 0 Å². The maximum atomic E-state index is 11.8. The van der Waals surface area contributed by atoms with Crippen molar-refractivity contribution in [2.45, 2.75) is 39.0 Å². The highest BCUT2D eigenvalue weighted by molar-refractivity contribution is 7.15. The van der Waals surface area contributed by atoms with Gasteiger partial charge < -0.3 is 30.9 Å². The average Bonchev–Trinajstić information content (AvgIpc) is 2.95. The monoisotopic (exact) mass is 374 g/mol. The molecule has 0 radical (unpaired) electrons. The first-order chi connectivity index (χ1) is 11.6. The van der Waals surface area contributed by atoms with E-state index in [0.717, 1.165) is 0 Å². The molecule has 1 aromatic rings. The van der Waals surface area contributed by atoms with Crippen molar-refractivity contribution in [2.24, 2.45) is 0 Å². The smallest absolute Gasteiger partial charge is 0.408 e. The summed E-state index contributed by atoms with van der Waals surface area (Å²) in [7, 11) is 0. The molecule has 0 fully saturated rings. The number of nitrogens with one attached hydrogen (secondary N) is 3. The van der Waals surface area contributed by atoms with Gasteiger partial charge in [-0.15, -0.1) is 0 Å². The molecule has 5 N–H and O–H groups in total. The van der Waals surface area contributed by atoms with Crippen molar-refractivity contribution in [2.75, 3.05) is 18.4 Å². The topological polar surface area (TPSA) is 150 Å². The van der Waals surface area contributed by atoms with E-state index in [2.05, 4.69) is 20.9 Å². The Hall–Kier alpha value is -2.40. The lowest BCUT2D eigenvalue weighted by molar-refractivity contribution is -0.139. The largest absolute Gasteiger partial charge is 0.480 e. The molecule has 2 amide bonds. The summed E-state index contributed by atoms with van der Waals surface area (Å²) in [6, 6.07) is -1.32. The number of aliphatic carboxylic acids is 1. The molecule has 1 atom stereocenters. The third kappa shape index (κ3) is 8.31. The molecule has 0 aliphatic rings. The van der Waals surface area contributed by atoms with Crippen LogP contribution in [-0.2, 0) is 20.9 Å². The minimum absolute atomic E-state index is 0.128. The molecule has 1 unspecified atom stereocenters. The summed E-state index contributed by atoms with van der Waals surface area (Å²) in [6.45, 7) is 4.39. The first kappa shape index (κ1) is 20.6. The van der Waals surface area contributed by atoms with Gasteiger partial charge in [0.25, 0.3) is 0 Å². The Labute approximate surface area is 148 Å². The number of nitrogens with zero attached hydrogens (tertiary/aromatic N) is 1. The molecular formula is C14H22N4O6S. The number of carbonyl (C=O) groups excluding carboxylic acids is 2. The maximum absolute atomic E-state index is 11.8. The Balaban J connectivity index is 2.41. The minimum atomic E-state index is -1.32. The molecule has 1 heterocycles. The normalized spacial score (nSPS) is 12.2. The Kier molecular flexibility index (Phi) is 7.58. The van der Waals surface area contributed by atoms with Crippen molar-refractivity contribution in [3.63, 3.8) is 0 Å². The molecule has 1 rings (SSSR count). The van der Waals surface area contributed by atoms with Gasteiger partial charge in [-0.3, -0.25) is 4.79 Å². The highest BCUT2D eigenvalue weighted by Crippen LogP contribution is 2.17. The number of aliphatic hydroxyl groups is 1. The van der Waals surface area contributed by atoms with Gasteiger partial charge in [0, 0.05) is 12.7 Å². The fourth-order valence-corrected chi connectivity index (χ4v) is 2.21. The lowest BCUT2D eigenvalue weighted by Gasteiger charge is -2.22. The number of anilines is 1. The Morgan fingerprint density at radius 1 is 1.36 bits per heavy atom. The number of carbonyl (C=O) groups is 3. The number of ether oxygens (including phenoxy) is 1. The van der Waals surface area contributed by atoms with Crippen molar-refractivity contribution in [3.8, 4) is 0 Å². The van der Waals surface area contributed by atoms with Crippen molar-refractivity contribution in [1.29, 1.82) is 0 Å². The van der Waals surface area contributed by atoms with Gasteiger partial charge in [-0.1, -0.05) is 11.3 Å². The average molecular weight is 374 g/mol. The zero-order valence-electron chi connectivity index (χ0n) is 14.2. The third-order valence-corrected chi connectivity index (χ3v) is 3.54. The minimum Gasteiger partial charge on any atom is -0.480 e. The maximum Gasteiger partial charge on any atom is 0.408 e. The molecule has 25 heavy (non-hydrogen) atoms. The van der Waals surface area contributed by atoms with Crippen LogP contribution in [0.1, 0.15) is 25.6 Å². The number of aromatic nitrogens is 1. The van der Waals surface area contributed by atoms with Gasteiger partial charge >= 0.3 is 12.1 Å². The summed E-state index contributed by atoms with van der Waals surface area (Å²) < 4.78 is 4.98. The second-order valence-electron chi connectivity index (χ2n) is 5.98. The van der Waals surface area contributed by atoms with Gasteiger partial charge in [-0.05, 0) is 20.8 Å². The van der Waals surface area contributed by atoms with Crippen LogP contribution in [0, 0.1) is 0 Å². The second-order valence-corrected chi connectivity index (χ2v) is 7.10. The fourth-order valence-electron chi connectivity index (χ4n) is 1.55. The number of hydrogen-bond acceptors (Lipinski definition) is 8. The number of rotatable bonds is 8. The lowest BCUT2D eigenvalue weighted by Crippen LogP contribution is -2.50. The third-order valence-electron chi connectivity index (χ3n) is 2.60. The van der Waals surface area contributed by atoms with E-state index in [4.69, 9.17) is 14.9 Å². The van der Waals surface area contributed by atoms with E-state index in [-0.39, 0.29) is 19.7 Å². The molecule has 0 bridgehead atoms. The molecule has 140 valence electrons. The van der Waals surface area contributed by atoms with Gasteiger partial charge in [0.1, 0.15) is 11.6 Å². The summed E-state index contributed by atoms with van der Waals surface area (Å²) in [5.74, 6) is -1.77.